The van der Waals surface area contributed by atoms with E-state index in [1.807, 2.05) is 0 Å². The smallest absolute Gasteiger partial charge is 0.126 e. The van der Waals surface area contributed by atoms with Crippen LogP contribution in [0.2, 0.25) is 36.3 Å². The van der Waals surface area contributed by atoms with Gasteiger partial charge in [-0.15, -0.1) is 11.1 Å². The fraction of sp³-hybridized carbons (Fsp3) is 0.293. The molecule has 0 unspecified atom stereocenters. The van der Waals surface area contributed by atoms with E-state index in [-0.39, 0.29) is 0 Å². The molecule has 0 aliphatic carbocycles. The van der Waals surface area contributed by atoms with Crippen LogP contribution < -0.4 is 0 Å². The molecule has 0 bridgehead atoms. The molecule has 0 radical (unpaired) electrons. The van der Waals surface area contributed by atoms with Crippen molar-refractivity contribution in [3.63, 3.8) is 0 Å². The maximum atomic E-state index is 4.22. The fourth-order valence-corrected chi connectivity index (χ4v) is 26.3. The third-order valence-corrected chi connectivity index (χ3v) is 27.8. The zero-order valence-electron chi connectivity index (χ0n) is 51.9. The van der Waals surface area contributed by atoms with Crippen molar-refractivity contribution in [1.82, 2.24) is 0 Å². The number of hydrogen-bond acceptors (Lipinski definition) is 0. The van der Waals surface area contributed by atoms with E-state index in [0.717, 1.165) is 54.9 Å². The summed E-state index contributed by atoms with van der Waals surface area (Å²) in [4.78, 5) is 0. The van der Waals surface area contributed by atoms with Gasteiger partial charge in [0.15, 0.2) is 0 Å². The van der Waals surface area contributed by atoms with E-state index in [9.17, 15) is 0 Å². The van der Waals surface area contributed by atoms with Crippen LogP contribution in [-0.4, -0.2) is 16.1 Å². The van der Waals surface area contributed by atoms with Gasteiger partial charge in [-0.1, -0.05) is 216 Å². The van der Waals surface area contributed by atoms with Crippen molar-refractivity contribution >= 4 is 102 Å². The number of hydrogen-bond donors (Lipinski definition) is 0. The molecule has 2 heteroatoms. The van der Waals surface area contributed by atoms with E-state index in [1.54, 1.807) is 0 Å². The normalized spacial score (nSPS) is 12.1. The molecule has 11 aromatic carbocycles. The third kappa shape index (κ3) is 12.5. The van der Waals surface area contributed by atoms with Gasteiger partial charge in [0, 0.05) is 33.4 Å². The minimum atomic E-state index is -2.02. The highest BCUT2D eigenvalue weighted by Gasteiger charge is 2.35. The molecule has 0 amide bonds. The van der Waals surface area contributed by atoms with E-state index in [0.29, 0.717) is 35.5 Å². The highest BCUT2D eigenvalue weighted by molar-refractivity contribution is 6.88. The second-order valence-electron chi connectivity index (χ2n) is 27.2. The second kappa shape index (κ2) is 24.4. The largest absolute Gasteiger partial charge is 0.139 e. The van der Waals surface area contributed by atoms with E-state index < -0.39 is 16.1 Å². The van der Waals surface area contributed by atoms with Gasteiger partial charge in [-0.25, -0.2) is 0 Å². The van der Waals surface area contributed by atoms with Gasteiger partial charge in [-0.3, -0.25) is 0 Å². The molecule has 11 aromatic rings. The monoisotopic (exact) mass is 1120 g/mol. The van der Waals surface area contributed by atoms with E-state index in [1.165, 1.54) is 101 Å². The van der Waals surface area contributed by atoms with E-state index in [2.05, 4.69) is 300 Å². The predicted octanol–water partition coefficient (Wildman–Crippen LogP) is 22.3. The average molecular weight is 1120 g/mol. The van der Waals surface area contributed by atoms with Gasteiger partial charge in [-0.05, 0) is 231 Å². The van der Waals surface area contributed by atoms with Crippen LogP contribution in [0, 0.1) is 82.1 Å². The number of fused-ring (bicyclic) bond motifs is 8. The maximum absolute atomic E-state index is 4.22. The molecule has 0 N–H and O–H groups in total. The molecular formula is C82H82Si2. The van der Waals surface area contributed by atoms with Crippen LogP contribution >= 0.6 is 0 Å². The summed E-state index contributed by atoms with van der Waals surface area (Å²) < 4.78 is 0. The molecule has 0 spiro atoms. The topological polar surface area (TPSA) is 0 Å². The molecule has 11 rings (SSSR count). The summed E-state index contributed by atoms with van der Waals surface area (Å²) in [5.41, 5.74) is 14.7. The standard InChI is InChI=1S/C82H82Si2/c1-55(2)49-83(50-56(3)4,51-57(5)6)39-37-73-79-45-67-25-17-13-21-63(67)41-75(79)71(76-42-64-22-14-18-26-68(64)46-80(73)76)35-33-61-29-31-62(32-30-61)34-36-72-77-43-65-23-15-19-27-69(65)47-81(77)74(82-48-70-28-20-16-24-66(70)44-78(72)82)38-40-84(52-58(7)8,53-59(9)10)54-60(11)12/h13-32,41-48,55-60H,49-54H2,1-12H3. The molecule has 0 heterocycles. The van der Waals surface area contributed by atoms with Crippen LogP contribution in [0.15, 0.2) is 170 Å². The molecular weight excluding hydrogens is 1040 g/mol. The van der Waals surface area contributed by atoms with Crippen LogP contribution in [0.4, 0.5) is 0 Å². The zero-order valence-corrected chi connectivity index (χ0v) is 53.9. The van der Waals surface area contributed by atoms with Gasteiger partial charge >= 0.3 is 0 Å². The Kier molecular flexibility index (Phi) is 16.8. The van der Waals surface area contributed by atoms with Crippen LogP contribution in [0.5, 0.6) is 0 Å². The first-order valence-electron chi connectivity index (χ1n) is 31.2. The first kappa shape index (κ1) is 58.0. The summed E-state index contributed by atoms with van der Waals surface area (Å²) in [5, 5.41) is 19.0. The summed E-state index contributed by atoms with van der Waals surface area (Å²) in [6, 6.07) is 70.0. The summed E-state index contributed by atoms with van der Waals surface area (Å²) in [6.45, 7) is 28.7. The summed E-state index contributed by atoms with van der Waals surface area (Å²) in [7, 11) is -4.05. The third-order valence-electron chi connectivity index (χ3n) is 16.9. The average Bonchev–Trinajstić information content (AvgIpc) is 0.988. The summed E-state index contributed by atoms with van der Waals surface area (Å²) >= 11 is 0. The Labute approximate surface area is 503 Å². The zero-order chi connectivity index (χ0) is 58.9. The maximum Gasteiger partial charge on any atom is 0.139 e. The van der Waals surface area contributed by atoms with Crippen molar-refractivity contribution in [3.8, 4) is 46.6 Å². The van der Waals surface area contributed by atoms with Crippen molar-refractivity contribution < 1.29 is 0 Å². The minimum Gasteiger partial charge on any atom is -0.126 e. The fourth-order valence-electron chi connectivity index (χ4n) is 14.5. The highest BCUT2D eigenvalue weighted by atomic mass is 28.3. The number of rotatable bonds is 12. The van der Waals surface area contributed by atoms with Crippen LogP contribution in [-0.2, 0) is 0 Å². The van der Waals surface area contributed by atoms with Gasteiger partial charge in [0.25, 0.3) is 0 Å². The summed E-state index contributed by atoms with van der Waals surface area (Å²) in [6.07, 6.45) is 0. The predicted molar refractivity (Wildman–Crippen MR) is 374 cm³/mol. The first-order chi connectivity index (χ1) is 40.4. The Morgan fingerprint density at radius 1 is 0.238 bits per heavy atom. The Morgan fingerprint density at radius 3 is 0.595 bits per heavy atom. The van der Waals surface area contributed by atoms with Crippen molar-refractivity contribution in [2.24, 2.45) is 35.5 Å². The van der Waals surface area contributed by atoms with Crippen molar-refractivity contribution in [1.29, 1.82) is 0 Å². The molecule has 0 atom stereocenters. The molecule has 84 heavy (non-hydrogen) atoms. The van der Waals surface area contributed by atoms with Crippen LogP contribution in [0.25, 0.3) is 86.2 Å². The molecule has 0 aromatic heterocycles. The SMILES string of the molecule is CC(C)C[Si](C#Cc1c2cc3ccccc3cc2c(C#Cc2ccc(C#Cc3c4cc5ccccc5cc4c(C#C[Si](CC(C)C)(CC(C)C)CC(C)C)c4cc5ccccc5cc34)cc2)c2cc3ccccc3cc12)(CC(C)C)CC(C)C. The van der Waals surface area contributed by atoms with Gasteiger partial charge in [0.2, 0.25) is 0 Å². The Morgan fingerprint density at radius 2 is 0.417 bits per heavy atom. The van der Waals surface area contributed by atoms with Crippen molar-refractivity contribution in [2.45, 2.75) is 119 Å². The minimum absolute atomic E-state index is 0.598. The lowest BCUT2D eigenvalue weighted by Crippen LogP contribution is -2.37. The Bertz CT molecular complexity index is 4050. The number of benzene rings is 11. The van der Waals surface area contributed by atoms with Gasteiger partial charge in [0.1, 0.15) is 16.1 Å². The molecule has 0 aliphatic heterocycles. The van der Waals surface area contributed by atoms with Crippen LogP contribution in [0.3, 0.4) is 0 Å². The van der Waals surface area contributed by atoms with E-state index >= 15 is 0 Å². The van der Waals surface area contributed by atoms with Gasteiger partial charge in [-0.2, -0.15) is 0 Å². The molecule has 418 valence electrons. The van der Waals surface area contributed by atoms with Crippen LogP contribution in [0.1, 0.15) is 116 Å². The van der Waals surface area contributed by atoms with Crippen molar-refractivity contribution in [2.75, 3.05) is 0 Å². The van der Waals surface area contributed by atoms with Gasteiger partial charge < -0.3 is 0 Å². The van der Waals surface area contributed by atoms with E-state index in [4.69, 9.17) is 0 Å². The quantitative estimate of drug-likeness (QED) is 0.0650. The lowest BCUT2D eigenvalue weighted by Gasteiger charge is -2.31. The van der Waals surface area contributed by atoms with Crippen molar-refractivity contribution in [3.05, 3.63) is 203 Å². The molecule has 0 nitrogen and oxygen atoms in total. The Balaban J connectivity index is 1.07. The lowest BCUT2D eigenvalue weighted by atomic mass is 9.88. The summed E-state index contributed by atoms with van der Waals surface area (Å²) in [5.74, 6) is 26.7. The highest BCUT2D eigenvalue weighted by Crippen LogP contribution is 2.41. The molecule has 0 saturated carbocycles. The lowest BCUT2D eigenvalue weighted by molar-refractivity contribution is 0.650. The molecule has 0 saturated heterocycles. The second-order valence-corrected chi connectivity index (χ2v) is 35.3. The molecule has 0 aliphatic rings. The van der Waals surface area contributed by atoms with Gasteiger partial charge in [0.05, 0.1) is 0 Å². The molecule has 0 fully saturated rings. The Hall–Kier alpha value is -7.83. The first-order valence-corrected chi connectivity index (χ1v) is 36.5.